The van der Waals surface area contributed by atoms with Gasteiger partial charge in [0.15, 0.2) is 0 Å². The second kappa shape index (κ2) is 7.91. The normalized spacial score (nSPS) is 11.6. The lowest BCUT2D eigenvalue weighted by Gasteiger charge is -2.25. The summed E-state index contributed by atoms with van der Waals surface area (Å²) < 4.78 is 12.1. The van der Waals surface area contributed by atoms with E-state index in [2.05, 4.69) is 9.47 Å². The zero-order valence-corrected chi connectivity index (χ0v) is 14.2. The molecule has 21 heavy (non-hydrogen) atoms. The van der Waals surface area contributed by atoms with Crippen molar-refractivity contribution in [1.82, 2.24) is 4.90 Å². The van der Waals surface area contributed by atoms with Crippen molar-refractivity contribution >= 4 is 53.0 Å². The van der Waals surface area contributed by atoms with Crippen molar-refractivity contribution < 1.29 is 28.6 Å². The van der Waals surface area contributed by atoms with E-state index in [0.29, 0.717) is 4.90 Å². The molecule has 0 atom stereocenters. The second-order valence-electron chi connectivity index (χ2n) is 4.81. The number of halogens is 3. The maximum absolute atomic E-state index is 11.9. The van der Waals surface area contributed by atoms with Gasteiger partial charge in [0.2, 0.25) is 3.79 Å². The highest BCUT2D eigenvalue weighted by atomic mass is 35.6. The van der Waals surface area contributed by atoms with Crippen molar-refractivity contribution in [2.75, 3.05) is 20.3 Å². The summed E-state index contributed by atoms with van der Waals surface area (Å²) in [5.74, 6) is -0.841. The van der Waals surface area contributed by atoms with Gasteiger partial charge in [0.05, 0.1) is 7.11 Å². The predicted molar refractivity (Wildman–Crippen MR) is 76.6 cm³/mol. The summed E-state index contributed by atoms with van der Waals surface area (Å²) in [7, 11) is 1.10. The van der Waals surface area contributed by atoms with Gasteiger partial charge in [0.25, 0.3) is 0 Å². The molecule has 0 spiro atoms. The number of esters is 1. The SMILES string of the molecule is COC(=O)CN(C(=O)OCC(Cl)(Cl)Cl)C(=O)OC(C)(C)C. The predicted octanol–water partition coefficient (Wildman–Crippen LogP) is 2.90. The van der Waals surface area contributed by atoms with E-state index in [0.717, 1.165) is 7.11 Å². The van der Waals surface area contributed by atoms with Crippen LogP contribution in [-0.2, 0) is 19.0 Å². The van der Waals surface area contributed by atoms with E-state index in [-0.39, 0.29) is 0 Å². The number of amides is 2. The third-order valence-corrected chi connectivity index (χ3v) is 2.04. The van der Waals surface area contributed by atoms with E-state index in [9.17, 15) is 14.4 Å². The van der Waals surface area contributed by atoms with Crippen LogP contribution in [0.15, 0.2) is 0 Å². The molecule has 0 aliphatic rings. The van der Waals surface area contributed by atoms with Gasteiger partial charge in [-0.1, -0.05) is 34.8 Å². The minimum atomic E-state index is -1.85. The summed E-state index contributed by atoms with van der Waals surface area (Å²) in [5, 5.41) is 0. The van der Waals surface area contributed by atoms with Gasteiger partial charge in [-0.3, -0.25) is 4.79 Å². The first-order valence-corrected chi connectivity index (χ1v) is 6.80. The zero-order chi connectivity index (χ0) is 16.8. The van der Waals surface area contributed by atoms with Gasteiger partial charge in [-0.25, -0.2) is 14.5 Å². The molecule has 0 N–H and O–H groups in total. The van der Waals surface area contributed by atoms with Crippen LogP contribution in [0.25, 0.3) is 0 Å². The molecule has 0 aliphatic heterocycles. The van der Waals surface area contributed by atoms with Gasteiger partial charge in [0, 0.05) is 0 Å². The number of carbonyl (C=O) groups excluding carboxylic acids is 3. The molecule has 0 aromatic heterocycles. The quantitative estimate of drug-likeness (QED) is 0.435. The maximum atomic E-state index is 11.9. The van der Waals surface area contributed by atoms with E-state index >= 15 is 0 Å². The van der Waals surface area contributed by atoms with Crippen molar-refractivity contribution in [3.8, 4) is 0 Å². The van der Waals surface area contributed by atoms with Crippen molar-refractivity contribution in [1.29, 1.82) is 0 Å². The maximum Gasteiger partial charge on any atom is 0.420 e. The van der Waals surface area contributed by atoms with E-state index < -0.39 is 40.7 Å². The Morgan fingerprint density at radius 1 is 1.05 bits per heavy atom. The monoisotopic (exact) mass is 363 g/mol. The van der Waals surface area contributed by atoms with Crippen LogP contribution in [0.2, 0.25) is 0 Å². The van der Waals surface area contributed by atoms with Gasteiger partial charge in [0.1, 0.15) is 18.8 Å². The summed E-state index contributed by atoms with van der Waals surface area (Å²) in [6.07, 6.45) is -2.27. The Morgan fingerprint density at radius 3 is 1.95 bits per heavy atom. The topological polar surface area (TPSA) is 82.1 Å². The highest BCUT2D eigenvalue weighted by Crippen LogP contribution is 2.26. The minimum Gasteiger partial charge on any atom is -0.468 e. The third kappa shape index (κ3) is 9.60. The smallest absolute Gasteiger partial charge is 0.420 e. The van der Waals surface area contributed by atoms with Crippen LogP contribution in [0.5, 0.6) is 0 Å². The molecule has 0 saturated heterocycles. The Kier molecular flexibility index (Phi) is 7.56. The largest absolute Gasteiger partial charge is 0.468 e. The lowest BCUT2D eigenvalue weighted by molar-refractivity contribution is -0.141. The molecule has 0 unspecified atom stereocenters. The number of imide groups is 1. The number of rotatable bonds is 3. The average Bonchev–Trinajstić information content (AvgIpc) is 2.29. The summed E-state index contributed by atoms with van der Waals surface area (Å²) in [6, 6.07) is 0. The summed E-state index contributed by atoms with van der Waals surface area (Å²) >= 11 is 16.3. The number of nitrogens with zero attached hydrogens (tertiary/aromatic N) is 1. The molecule has 0 rings (SSSR count). The third-order valence-electron chi connectivity index (χ3n) is 1.71. The highest BCUT2D eigenvalue weighted by molar-refractivity contribution is 6.67. The first-order chi connectivity index (χ1) is 9.35. The first kappa shape index (κ1) is 20.1. The molecule has 0 saturated carbocycles. The molecule has 0 fully saturated rings. The summed E-state index contributed by atoms with van der Waals surface area (Å²) in [6.45, 7) is 3.48. The number of hydrogen-bond acceptors (Lipinski definition) is 6. The van der Waals surface area contributed by atoms with Crippen LogP contribution in [0.1, 0.15) is 20.8 Å². The Balaban J connectivity index is 4.92. The van der Waals surface area contributed by atoms with Gasteiger partial charge in [-0.15, -0.1) is 0 Å². The number of hydrogen-bond donors (Lipinski definition) is 0. The van der Waals surface area contributed by atoms with Crippen LogP contribution in [0.4, 0.5) is 9.59 Å². The molecule has 0 radical (unpaired) electrons. The number of alkyl halides is 3. The van der Waals surface area contributed by atoms with Crippen molar-refractivity contribution in [3.63, 3.8) is 0 Å². The number of carbonyl (C=O) groups is 3. The fourth-order valence-electron chi connectivity index (χ4n) is 0.936. The van der Waals surface area contributed by atoms with E-state index in [1.165, 1.54) is 0 Å². The molecule has 0 aromatic rings. The van der Waals surface area contributed by atoms with Crippen molar-refractivity contribution in [3.05, 3.63) is 0 Å². The fraction of sp³-hybridized carbons (Fsp3) is 0.727. The van der Waals surface area contributed by atoms with Gasteiger partial charge >= 0.3 is 18.2 Å². The first-order valence-electron chi connectivity index (χ1n) is 5.66. The van der Waals surface area contributed by atoms with Crippen LogP contribution in [-0.4, -0.2) is 52.7 Å². The molecule has 7 nitrogen and oxygen atoms in total. The van der Waals surface area contributed by atoms with Crippen molar-refractivity contribution in [2.24, 2.45) is 0 Å². The Hall–Kier alpha value is -0.920. The van der Waals surface area contributed by atoms with Crippen LogP contribution in [0, 0.1) is 0 Å². The molecule has 10 heteroatoms. The van der Waals surface area contributed by atoms with Crippen LogP contribution >= 0.6 is 34.8 Å². The van der Waals surface area contributed by atoms with Crippen LogP contribution < -0.4 is 0 Å². The van der Waals surface area contributed by atoms with Gasteiger partial charge in [-0.2, -0.15) is 0 Å². The lowest BCUT2D eigenvalue weighted by Crippen LogP contribution is -2.44. The summed E-state index contributed by atoms with van der Waals surface area (Å²) in [5.41, 5.74) is -0.874. The second-order valence-corrected chi connectivity index (χ2v) is 7.33. The Morgan fingerprint density at radius 2 is 1.57 bits per heavy atom. The average molecular weight is 365 g/mol. The molecule has 2 amide bonds. The Labute approximate surface area is 137 Å². The lowest BCUT2D eigenvalue weighted by atomic mass is 10.2. The molecule has 0 bridgehead atoms. The van der Waals surface area contributed by atoms with E-state index in [4.69, 9.17) is 39.5 Å². The Bertz CT molecular complexity index is 402. The number of ether oxygens (including phenoxy) is 3. The molecule has 0 aromatic carbocycles. The van der Waals surface area contributed by atoms with Crippen LogP contribution in [0.3, 0.4) is 0 Å². The molecule has 0 aliphatic carbocycles. The van der Waals surface area contributed by atoms with E-state index in [1.807, 2.05) is 0 Å². The van der Waals surface area contributed by atoms with Gasteiger partial charge < -0.3 is 14.2 Å². The molecule has 122 valence electrons. The van der Waals surface area contributed by atoms with E-state index in [1.54, 1.807) is 20.8 Å². The highest BCUT2D eigenvalue weighted by Gasteiger charge is 2.32. The molecule has 0 heterocycles. The zero-order valence-electron chi connectivity index (χ0n) is 11.9. The standard InChI is InChI=1S/C11H16Cl3NO6/c1-10(2,3)21-9(18)15(5-7(16)19-4)8(17)20-6-11(12,13)14/h5-6H2,1-4H3. The minimum absolute atomic E-state index is 0.410. The van der Waals surface area contributed by atoms with Crippen molar-refractivity contribution in [2.45, 2.75) is 30.2 Å². The number of methoxy groups -OCH3 is 1. The van der Waals surface area contributed by atoms with Gasteiger partial charge in [-0.05, 0) is 20.8 Å². The molecular weight excluding hydrogens is 348 g/mol. The summed E-state index contributed by atoms with van der Waals surface area (Å²) in [4.78, 5) is 35.3. The fourth-order valence-corrected chi connectivity index (χ4v) is 1.10. The molecular formula is C11H16Cl3NO6.